The Labute approximate surface area is 192 Å². The molecule has 2 unspecified atom stereocenters. The fourth-order valence-corrected chi connectivity index (χ4v) is 4.83. The first-order valence-corrected chi connectivity index (χ1v) is 11.1. The van der Waals surface area contributed by atoms with Crippen molar-refractivity contribution in [2.24, 2.45) is 0 Å². The Bertz CT molecular complexity index is 1270. The van der Waals surface area contributed by atoms with Gasteiger partial charge >= 0.3 is 5.97 Å². The average molecular weight is 443 g/mol. The van der Waals surface area contributed by atoms with E-state index in [1.165, 1.54) is 5.56 Å². The highest BCUT2D eigenvalue weighted by atomic mass is 16.5. The van der Waals surface area contributed by atoms with E-state index in [9.17, 15) is 4.79 Å². The smallest absolute Gasteiger partial charge is 0.338 e. The second-order valence-corrected chi connectivity index (χ2v) is 8.79. The Morgan fingerprint density at radius 2 is 2.15 bits per heavy atom. The van der Waals surface area contributed by atoms with Crippen molar-refractivity contribution in [2.45, 2.75) is 46.0 Å². The van der Waals surface area contributed by atoms with Gasteiger partial charge in [-0.15, -0.1) is 0 Å². The highest BCUT2D eigenvalue weighted by Crippen LogP contribution is 2.33. The molecule has 0 amide bonds. The Kier molecular flexibility index (Phi) is 5.44. The van der Waals surface area contributed by atoms with Crippen LogP contribution in [0.15, 0.2) is 36.8 Å². The van der Waals surface area contributed by atoms with Crippen LogP contribution in [0.4, 0.5) is 0 Å². The minimum atomic E-state index is -0.227. The lowest BCUT2D eigenvalue weighted by atomic mass is 9.89. The summed E-state index contributed by atoms with van der Waals surface area (Å²) in [6.45, 7) is 9.18. The number of carbonyl (C=O) groups excluding carboxylic acids is 1. The van der Waals surface area contributed by atoms with Gasteiger partial charge in [-0.1, -0.05) is 6.07 Å². The number of nitrogens with one attached hydrogen (secondary N) is 1. The number of pyridine rings is 1. The van der Waals surface area contributed by atoms with Crippen molar-refractivity contribution in [1.82, 2.24) is 25.0 Å². The van der Waals surface area contributed by atoms with Crippen molar-refractivity contribution in [3.05, 3.63) is 75.7 Å². The van der Waals surface area contributed by atoms with Crippen LogP contribution in [-0.4, -0.2) is 44.8 Å². The third-order valence-corrected chi connectivity index (χ3v) is 6.84. The lowest BCUT2D eigenvalue weighted by Gasteiger charge is -2.41. The number of nitrogens with zero attached hydrogens (tertiary/aromatic N) is 5. The Morgan fingerprint density at radius 3 is 2.94 bits per heavy atom. The van der Waals surface area contributed by atoms with E-state index in [1.807, 2.05) is 31.5 Å². The molecule has 5 rings (SSSR count). The van der Waals surface area contributed by atoms with Gasteiger partial charge in [0.15, 0.2) is 5.82 Å². The van der Waals surface area contributed by atoms with Gasteiger partial charge in [-0.05, 0) is 49.6 Å². The first-order valence-electron chi connectivity index (χ1n) is 11.1. The summed E-state index contributed by atoms with van der Waals surface area (Å²) in [5.74, 6) is 0.476. The number of aryl methyl sites for hydroxylation is 1. The monoisotopic (exact) mass is 442 g/mol. The maximum Gasteiger partial charge on any atom is 0.338 e. The van der Waals surface area contributed by atoms with E-state index >= 15 is 0 Å². The summed E-state index contributed by atoms with van der Waals surface area (Å²) in [7, 11) is 0. The van der Waals surface area contributed by atoms with Crippen LogP contribution in [0.2, 0.25) is 0 Å². The van der Waals surface area contributed by atoms with Crippen molar-refractivity contribution in [2.75, 3.05) is 13.1 Å². The minimum absolute atomic E-state index is 0.164. The fourth-order valence-electron chi connectivity index (χ4n) is 4.83. The second kappa shape index (κ2) is 8.43. The largest absolute Gasteiger partial charge is 0.457 e. The standard InChI is InChI=1S/C25H26N6O2/c1-15-8-23(28-11-19(15)9-26)31-13-18(10-29-31)12-30-7-6-27-24(17(30)3)20-4-5-21-22(16(20)2)14-33-25(21)32/h4-5,8,10-11,13,17,24,27H,6-7,12,14H2,1-3H3. The fraction of sp³-hybridized carbons (Fsp3) is 0.360. The van der Waals surface area contributed by atoms with Crippen LogP contribution in [0.3, 0.4) is 0 Å². The molecule has 2 aliphatic rings. The van der Waals surface area contributed by atoms with E-state index in [1.54, 1.807) is 10.9 Å². The molecule has 1 N–H and O–H groups in total. The van der Waals surface area contributed by atoms with E-state index in [2.05, 4.69) is 46.3 Å². The summed E-state index contributed by atoms with van der Waals surface area (Å²) in [6.07, 6.45) is 5.47. The number of aromatic nitrogens is 3. The maximum absolute atomic E-state index is 11.9. The number of hydrogen-bond donors (Lipinski definition) is 1. The summed E-state index contributed by atoms with van der Waals surface area (Å²) in [4.78, 5) is 18.7. The molecule has 4 heterocycles. The number of ether oxygens (including phenoxy) is 1. The van der Waals surface area contributed by atoms with Gasteiger partial charge in [0, 0.05) is 55.2 Å². The van der Waals surface area contributed by atoms with Crippen molar-refractivity contribution < 1.29 is 9.53 Å². The predicted octanol–water partition coefficient (Wildman–Crippen LogP) is 2.96. The molecule has 0 spiro atoms. The van der Waals surface area contributed by atoms with Gasteiger partial charge in [-0.25, -0.2) is 14.5 Å². The SMILES string of the molecule is Cc1cc(-n2cc(CN3CCNC(c4ccc5c(c4C)COC5=O)C3C)cn2)ncc1C#N. The zero-order valence-corrected chi connectivity index (χ0v) is 19.0. The minimum Gasteiger partial charge on any atom is -0.457 e. The molecule has 0 radical (unpaired) electrons. The molecule has 8 nitrogen and oxygen atoms in total. The summed E-state index contributed by atoms with van der Waals surface area (Å²) in [5, 5.41) is 17.3. The summed E-state index contributed by atoms with van der Waals surface area (Å²) in [6, 6.07) is 8.41. The number of fused-ring (bicyclic) bond motifs is 1. The number of hydrogen-bond acceptors (Lipinski definition) is 7. The van der Waals surface area contributed by atoms with Crippen LogP contribution in [0.5, 0.6) is 0 Å². The van der Waals surface area contributed by atoms with Gasteiger partial charge < -0.3 is 10.1 Å². The zero-order chi connectivity index (χ0) is 23.1. The lowest BCUT2D eigenvalue weighted by molar-refractivity contribution is 0.0535. The van der Waals surface area contributed by atoms with Crippen LogP contribution in [0.25, 0.3) is 5.82 Å². The van der Waals surface area contributed by atoms with E-state index in [0.29, 0.717) is 23.6 Å². The normalized spacial score (nSPS) is 20.4. The maximum atomic E-state index is 11.9. The highest BCUT2D eigenvalue weighted by molar-refractivity contribution is 5.94. The van der Waals surface area contributed by atoms with Crippen LogP contribution < -0.4 is 5.32 Å². The van der Waals surface area contributed by atoms with E-state index < -0.39 is 0 Å². The number of carbonyl (C=O) groups is 1. The van der Waals surface area contributed by atoms with Gasteiger partial charge in [0.1, 0.15) is 12.7 Å². The molecule has 1 fully saturated rings. The molecule has 2 aliphatic heterocycles. The molecule has 2 aromatic heterocycles. The number of piperazine rings is 1. The number of cyclic esters (lactones) is 1. The van der Waals surface area contributed by atoms with Gasteiger partial charge in [0.2, 0.25) is 0 Å². The topological polar surface area (TPSA) is 96.1 Å². The second-order valence-electron chi connectivity index (χ2n) is 8.79. The van der Waals surface area contributed by atoms with Crippen LogP contribution in [-0.2, 0) is 17.9 Å². The van der Waals surface area contributed by atoms with Crippen LogP contribution in [0, 0.1) is 25.2 Å². The molecule has 8 heteroatoms. The molecule has 1 aromatic carbocycles. The Morgan fingerprint density at radius 1 is 1.30 bits per heavy atom. The molecular weight excluding hydrogens is 416 g/mol. The summed E-state index contributed by atoms with van der Waals surface area (Å²) < 4.78 is 6.99. The molecule has 33 heavy (non-hydrogen) atoms. The third kappa shape index (κ3) is 3.80. The van der Waals surface area contributed by atoms with E-state index in [-0.39, 0.29) is 18.1 Å². The molecular formula is C25H26N6O2. The van der Waals surface area contributed by atoms with Crippen LogP contribution >= 0.6 is 0 Å². The van der Waals surface area contributed by atoms with Crippen LogP contribution in [0.1, 0.15) is 56.7 Å². The van der Waals surface area contributed by atoms with Crippen molar-refractivity contribution in [3.63, 3.8) is 0 Å². The van der Waals surface area contributed by atoms with Gasteiger partial charge in [0.25, 0.3) is 0 Å². The molecule has 2 atom stereocenters. The average Bonchev–Trinajstić information content (AvgIpc) is 3.43. The Hall–Kier alpha value is -3.54. The van der Waals surface area contributed by atoms with E-state index in [0.717, 1.165) is 41.9 Å². The first-order chi connectivity index (χ1) is 16.0. The third-order valence-electron chi connectivity index (χ3n) is 6.84. The lowest BCUT2D eigenvalue weighted by Crippen LogP contribution is -2.51. The zero-order valence-electron chi connectivity index (χ0n) is 19.0. The molecule has 3 aromatic rings. The molecule has 0 bridgehead atoms. The van der Waals surface area contributed by atoms with Gasteiger partial charge in [-0.2, -0.15) is 10.4 Å². The number of esters is 1. The molecule has 0 saturated carbocycles. The summed E-state index contributed by atoms with van der Waals surface area (Å²) in [5.41, 5.74) is 6.62. The molecule has 168 valence electrons. The highest BCUT2D eigenvalue weighted by Gasteiger charge is 2.32. The quantitative estimate of drug-likeness (QED) is 0.621. The number of nitriles is 1. The number of benzene rings is 1. The first kappa shape index (κ1) is 21.3. The molecule has 0 aliphatic carbocycles. The van der Waals surface area contributed by atoms with Gasteiger partial charge in [-0.3, -0.25) is 4.90 Å². The Balaban J connectivity index is 1.34. The van der Waals surface area contributed by atoms with E-state index in [4.69, 9.17) is 10.00 Å². The molecule has 1 saturated heterocycles. The predicted molar refractivity (Wildman–Crippen MR) is 122 cm³/mol. The number of rotatable bonds is 4. The summed E-state index contributed by atoms with van der Waals surface area (Å²) >= 11 is 0. The van der Waals surface area contributed by atoms with Crippen molar-refractivity contribution in [1.29, 1.82) is 5.26 Å². The van der Waals surface area contributed by atoms with Gasteiger partial charge in [0.05, 0.1) is 17.3 Å². The van der Waals surface area contributed by atoms with Crippen molar-refractivity contribution >= 4 is 5.97 Å². The van der Waals surface area contributed by atoms with Crippen molar-refractivity contribution in [3.8, 4) is 11.9 Å².